The maximum Gasteiger partial charge on any atom is 0.310 e. The molecule has 1 atom stereocenters. The molecule has 0 bridgehead atoms. The maximum atomic E-state index is 11.0. The Hall–Kier alpha value is -1.03. The van der Waals surface area contributed by atoms with E-state index in [4.69, 9.17) is 5.11 Å². The van der Waals surface area contributed by atoms with Gasteiger partial charge < -0.3 is 10.2 Å². The van der Waals surface area contributed by atoms with Crippen molar-refractivity contribution in [1.82, 2.24) is 0 Å². The van der Waals surface area contributed by atoms with Gasteiger partial charge in [-0.3, -0.25) is 4.79 Å². The Bertz CT molecular complexity index is 423. The molecule has 3 nitrogen and oxygen atoms in total. The van der Waals surface area contributed by atoms with E-state index in [-0.39, 0.29) is 5.75 Å². The number of carboxylic acids is 1. The average Bonchev–Trinajstić information content (AvgIpc) is 2.23. The first-order chi connectivity index (χ1) is 7.29. The van der Waals surface area contributed by atoms with E-state index in [2.05, 4.69) is 15.9 Å². The lowest BCUT2D eigenvalue weighted by Crippen LogP contribution is -2.12. The first-order valence-electron chi connectivity index (χ1n) is 5.00. The van der Waals surface area contributed by atoms with Crippen molar-refractivity contribution in [1.29, 1.82) is 0 Å². The minimum Gasteiger partial charge on any atom is -0.506 e. The molecule has 0 saturated carbocycles. The molecule has 0 aromatic heterocycles. The summed E-state index contributed by atoms with van der Waals surface area (Å²) in [5.41, 5.74) is 3.12. The molecule has 0 heterocycles. The van der Waals surface area contributed by atoms with E-state index < -0.39 is 11.9 Å². The zero-order chi connectivity index (χ0) is 12.6. The van der Waals surface area contributed by atoms with Crippen LogP contribution in [0.5, 0.6) is 5.75 Å². The maximum absolute atomic E-state index is 11.0. The average molecular weight is 287 g/mol. The van der Waals surface area contributed by atoms with Gasteiger partial charge in [0.25, 0.3) is 0 Å². The summed E-state index contributed by atoms with van der Waals surface area (Å²) in [6.07, 6.45) is 0. The van der Waals surface area contributed by atoms with E-state index in [1.807, 2.05) is 13.8 Å². The highest BCUT2D eigenvalue weighted by molar-refractivity contribution is 9.10. The van der Waals surface area contributed by atoms with Crippen LogP contribution in [0.25, 0.3) is 0 Å². The molecule has 16 heavy (non-hydrogen) atoms. The second-order valence-electron chi connectivity index (χ2n) is 4.01. The van der Waals surface area contributed by atoms with Crippen molar-refractivity contribution in [2.24, 2.45) is 0 Å². The van der Waals surface area contributed by atoms with Crippen molar-refractivity contribution < 1.29 is 15.0 Å². The van der Waals surface area contributed by atoms with E-state index >= 15 is 0 Å². The summed E-state index contributed by atoms with van der Waals surface area (Å²) < 4.78 is 0.582. The monoisotopic (exact) mass is 286 g/mol. The van der Waals surface area contributed by atoms with E-state index in [9.17, 15) is 9.90 Å². The van der Waals surface area contributed by atoms with Gasteiger partial charge in [0.2, 0.25) is 0 Å². The predicted octanol–water partition coefficient (Wildman–Crippen LogP) is 3.27. The van der Waals surface area contributed by atoms with Crippen LogP contribution in [0.2, 0.25) is 0 Å². The molecule has 1 aromatic rings. The van der Waals surface area contributed by atoms with Gasteiger partial charge in [0.15, 0.2) is 0 Å². The summed E-state index contributed by atoms with van der Waals surface area (Å²) in [6, 6.07) is 0. The summed E-state index contributed by atoms with van der Waals surface area (Å²) in [5, 5.41) is 18.9. The fraction of sp³-hybridized carbons (Fsp3) is 0.417. The SMILES string of the molecule is Cc1c(C)c(C(C)C(=O)O)c(C)c(Br)c1O. The molecule has 0 aliphatic rings. The normalized spacial score (nSPS) is 12.6. The smallest absolute Gasteiger partial charge is 0.310 e. The molecule has 0 fully saturated rings. The largest absolute Gasteiger partial charge is 0.506 e. The Morgan fingerprint density at radius 3 is 2.12 bits per heavy atom. The Morgan fingerprint density at radius 2 is 1.69 bits per heavy atom. The van der Waals surface area contributed by atoms with E-state index in [0.717, 1.165) is 22.3 Å². The summed E-state index contributed by atoms with van der Waals surface area (Å²) in [5.74, 6) is -1.24. The van der Waals surface area contributed by atoms with Crippen molar-refractivity contribution >= 4 is 21.9 Å². The highest BCUT2D eigenvalue weighted by atomic mass is 79.9. The van der Waals surface area contributed by atoms with Gasteiger partial charge in [-0.2, -0.15) is 0 Å². The highest BCUT2D eigenvalue weighted by Gasteiger charge is 2.23. The summed E-state index contributed by atoms with van der Waals surface area (Å²) in [7, 11) is 0. The Balaban J connectivity index is 3.57. The molecule has 0 radical (unpaired) electrons. The lowest BCUT2D eigenvalue weighted by atomic mass is 9.89. The van der Waals surface area contributed by atoms with Gasteiger partial charge in [0.05, 0.1) is 10.4 Å². The van der Waals surface area contributed by atoms with Crippen molar-refractivity contribution in [3.63, 3.8) is 0 Å². The van der Waals surface area contributed by atoms with E-state index in [0.29, 0.717) is 4.47 Å². The first-order valence-corrected chi connectivity index (χ1v) is 5.79. The van der Waals surface area contributed by atoms with Crippen LogP contribution >= 0.6 is 15.9 Å². The zero-order valence-electron chi connectivity index (χ0n) is 9.76. The Kier molecular flexibility index (Phi) is 3.63. The quantitative estimate of drug-likeness (QED) is 0.877. The molecular weight excluding hydrogens is 272 g/mol. The van der Waals surface area contributed by atoms with Gasteiger partial charge in [-0.1, -0.05) is 0 Å². The van der Waals surface area contributed by atoms with Crippen LogP contribution in [0.3, 0.4) is 0 Å². The van der Waals surface area contributed by atoms with E-state index in [1.54, 1.807) is 13.8 Å². The van der Waals surface area contributed by atoms with Crippen molar-refractivity contribution in [3.8, 4) is 5.75 Å². The molecule has 1 unspecified atom stereocenters. The van der Waals surface area contributed by atoms with E-state index in [1.165, 1.54) is 0 Å². The van der Waals surface area contributed by atoms with Gasteiger partial charge in [-0.15, -0.1) is 0 Å². The minimum absolute atomic E-state index is 0.191. The number of hydrogen-bond donors (Lipinski definition) is 2. The number of halogens is 1. The number of aliphatic carboxylic acids is 1. The third-order valence-corrected chi connectivity index (χ3v) is 4.04. The van der Waals surface area contributed by atoms with Gasteiger partial charge in [0.1, 0.15) is 5.75 Å². The first kappa shape index (κ1) is 13.0. The number of carboxylic acid groups (broad SMARTS) is 1. The number of benzene rings is 1. The van der Waals surface area contributed by atoms with Crippen molar-refractivity contribution in [3.05, 3.63) is 26.7 Å². The third-order valence-electron chi connectivity index (χ3n) is 3.07. The van der Waals surface area contributed by atoms with Crippen LogP contribution in [-0.2, 0) is 4.79 Å². The van der Waals surface area contributed by atoms with Crippen LogP contribution in [-0.4, -0.2) is 16.2 Å². The topological polar surface area (TPSA) is 57.5 Å². The van der Waals surface area contributed by atoms with Crippen molar-refractivity contribution in [2.75, 3.05) is 0 Å². The standard InChI is InChI=1S/C12H15BrO3/c1-5-6(2)11(14)10(13)7(3)9(5)8(4)12(15)16/h8,14H,1-4H3,(H,15,16). The summed E-state index contributed by atoms with van der Waals surface area (Å²) in [6.45, 7) is 7.09. The van der Waals surface area contributed by atoms with Gasteiger partial charge >= 0.3 is 5.97 Å². The summed E-state index contributed by atoms with van der Waals surface area (Å²) in [4.78, 5) is 11.0. The molecular formula is C12H15BrO3. The van der Waals surface area contributed by atoms with Crippen molar-refractivity contribution in [2.45, 2.75) is 33.6 Å². The fourth-order valence-corrected chi connectivity index (χ4v) is 2.41. The van der Waals surface area contributed by atoms with Crippen LogP contribution in [0, 0.1) is 20.8 Å². The highest BCUT2D eigenvalue weighted by Crippen LogP contribution is 2.39. The summed E-state index contributed by atoms with van der Waals surface area (Å²) >= 11 is 3.29. The lowest BCUT2D eigenvalue weighted by molar-refractivity contribution is -0.138. The molecule has 0 spiro atoms. The predicted molar refractivity (Wildman–Crippen MR) is 66.1 cm³/mol. The van der Waals surface area contributed by atoms with Crippen LogP contribution < -0.4 is 0 Å². The molecule has 0 aliphatic carbocycles. The number of phenolic OH excluding ortho intramolecular Hbond substituents is 1. The molecule has 4 heteroatoms. The number of rotatable bonds is 2. The van der Waals surface area contributed by atoms with Crippen LogP contribution in [0.1, 0.15) is 35.1 Å². The van der Waals surface area contributed by atoms with Gasteiger partial charge in [0, 0.05) is 0 Å². The molecule has 0 saturated heterocycles. The van der Waals surface area contributed by atoms with Crippen LogP contribution in [0.15, 0.2) is 4.47 Å². The lowest BCUT2D eigenvalue weighted by Gasteiger charge is -2.19. The van der Waals surface area contributed by atoms with Gasteiger partial charge in [-0.25, -0.2) is 0 Å². The third kappa shape index (κ3) is 1.94. The second kappa shape index (κ2) is 4.45. The van der Waals surface area contributed by atoms with Gasteiger partial charge in [-0.05, 0) is 65.9 Å². The second-order valence-corrected chi connectivity index (χ2v) is 4.80. The molecule has 0 aliphatic heterocycles. The number of hydrogen-bond acceptors (Lipinski definition) is 2. The van der Waals surface area contributed by atoms with Crippen LogP contribution in [0.4, 0.5) is 0 Å². The molecule has 2 N–H and O–H groups in total. The molecule has 88 valence electrons. The minimum atomic E-state index is -0.858. The Labute approximate surface area is 103 Å². The molecule has 0 amide bonds. The fourth-order valence-electron chi connectivity index (χ4n) is 1.89. The zero-order valence-corrected chi connectivity index (χ0v) is 11.3. The number of carbonyl (C=O) groups is 1. The Morgan fingerprint density at radius 1 is 1.19 bits per heavy atom. The number of aromatic hydroxyl groups is 1. The molecule has 1 rings (SSSR count). The molecule has 1 aromatic carbocycles. The number of phenols is 1.